The van der Waals surface area contributed by atoms with Gasteiger partial charge in [-0.1, -0.05) is 54.9 Å². The summed E-state index contributed by atoms with van der Waals surface area (Å²) in [5.41, 5.74) is 1.88. The molecule has 0 aliphatic carbocycles. The van der Waals surface area contributed by atoms with E-state index >= 15 is 0 Å². The maximum Gasteiger partial charge on any atom is 0.245 e. The molecular formula is C18H21ClN2O. The number of amides is 1. The van der Waals surface area contributed by atoms with Crippen molar-refractivity contribution in [3.63, 3.8) is 0 Å². The molecule has 2 rings (SSSR count). The second-order valence-corrected chi connectivity index (χ2v) is 5.94. The van der Waals surface area contributed by atoms with Gasteiger partial charge in [-0.2, -0.15) is 0 Å². The number of nitrogens with zero attached hydrogens (tertiary/aromatic N) is 1. The predicted octanol–water partition coefficient (Wildman–Crippen LogP) is 4.01. The number of para-hydroxylation sites is 1. The fraction of sp³-hybridized carbons (Fsp3) is 0.278. The zero-order valence-electron chi connectivity index (χ0n) is 13.1. The first-order chi connectivity index (χ1) is 10.5. The van der Waals surface area contributed by atoms with Crippen molar-refractivity contribution in [3.8, 4) is 0 Å². The zero-order valence-corrected chi connectivity index (χ0v) is 13.8. The fourth-order valence-corrected chi connectivity index (χ4v) is 2.72. The van der Waals surface area contributed by atoms with E-state index < -0.39 is 0 Å². The molecule has 0 saturated carbocycles. The average molecular weight is 317 g/mol. The zero-order chi connectivity index (χ0) is 16.1. The fourth-order valence-electron chi connectivity index (χ4n) is 2.42. The van der Waals surface area contributed by atoms with Crippen LogP contribution < -0.4 is 5.32 Å². The molecule has 0 bridgehead atoms. The van der Waals surface area contributed by atoms with Gasteiger partial charge in [-0.05, 0) is 23.8 Å². The standard InChI is InChI=1S/C18H21ClN2O/c1-13(15-11-7-8-12-16(15)19)17(18(22)21(2)3)20-14-9-5-4-6-10-14/h4-13,17,20H,1-3H3/t13-,17-/m0/s1. The van der Waals surface area contributed by atoms with Crippen LogP contribution in [0.15, 0.2) is 54.6 Å². The van der Waals surface area contributed by atoms with E-state index in [1.807, 2.05) is 61.5 Å². The molecular weight excluding hydrogens is 296 g/mol. The lowest BCUT2D eigenvalue weighted by Crippen LogP contribution is -2.42. The van der Waals surface area contributed by atoms with Gasteiger partial charge in [0.05, 0.1) is 0 Å². The minimum Gasteiger partial charge on any atom is -0.373 e. The van der Waals surface area contributed by atoms with Crippen molar-refractivity contribution in [1.29, 1.82) is 0 Å². The molecule has 2 aromatic carbocycles. The molecule has 0 radical (unpaired) electrons. The summed E-state index contributed by atoms with van der Waals surface area (Å²) in [6.45, 7) is 2.02. The van der Waals surface area contributed by atoms with E-state index in [1.54, 1.807) is 19.0 Å². The Labute approximate surface area is 136 Å². The highest BCUT2D eigenvalue weighted by atomic mass is 35.5. The van der Waals surface area contributed by atoms with Crippen LogP contribution in [0.3, 0.4) is 0 Å². The number of halogens is 1. The third-order valence-corrected chi connectivity index (χ3v) is 4.04. The van der Waals surface area contributed by atoms with Crippen LogP contribution in [-0.2, 0) is 4.79 Å². The molecule has 22 heavy (non-hydrogen) atoms. The molecule has 2 aromatic rings. The Morgan fingerprint density at radius 1 is 1.05 bits per heavy atom. The van der Waals surface area contributed by atoms with E-state index in [0.29, 0.717) is 5.02 Å². The topological polar surface area (TPSA) is 32.3 Å². The van der Waals surface area contributed by atoms with Crippen LogP contribution in [0, 0.1) is 0 Å². The van der Waals surface area contributed by atoms with Crippen LogP contribution in [0.1, 0.15) is 18.4 Å². The molecule has 0 spiro atoms. The van der Waals surface area contributed by atoms with Crippen molar-refractivity contribution in [2.45, 2.75) is 18.9 Å². The molecule has 0 aliphatic rings. The molecule has 0 fully saturated rings. The van der Waals surface area contributed by atoms with Gasteiger partial charge in [0.25, 0.3) is 0 Å². The van der Waals surface area contributed by atoms with Crippen molar-refractivity contribution in [1.82, 2.24) is 4.90 Å². The molecule has 1 amide bonds. The number of likely N-dealkylation sites (N-methyl/N-ethyl adjacent to an activating group) is 1. The molecule has 116 valence electrons. The Morgan fingerprint density at radius 3 is 2.23 bits per heavy atom. The van der Waals surface area contributed by atoms with Gasteiger partial charge in [0, 0.05) is 30.7 Å². The van der Waals surface area contributed by atoms with E-state index in [1.165, 1.54) is 0 Å². The van der Waals surface area contributed by atoms with Gasteiger partial charge in [-0.3, -0.25) is 4.79 Å². The molecule has 2 atom stereocenters. The summed E-state index contributed by atoms with van der Waals surface area (Å²) in [6, 6.07) is 17.0. The summed E-state index contributed by atoms with van der Waals surface area (Å²) < 4.78 is 0. The Balaban J connectivity index is 2.32. The van der Waals surface area contributed by atoms with Gasteiger partial charge < -0.3 is 10.2 Å². The summed E-state index contributed by atoms with van der Waals surface area (Å²) in [4.78, 5) is 14.2. The molecule has 0 heterocycles. The Kier molecular flexibility index (Phi) is 5.45. The number of rotatable bonds is 5. The lowest BCUT2D eigenvalue weighted by Gasteiger charge is -2.28. The number of carbonyl (C=O) groups is 1. The summed E-state index contributed by atoms with van der Waals surface area (Å²) in [5, 5.41) is 4.02. The molecule has 0 aromatic heterocycles. The van der Waals surface area contributed by atoms with E-state index in [-0.39, 0.29) is 17.9 Å². The highest BCUT2D eigenvalue weighted by Gasteiger charge is 2.28. The first-order valence-corrected chi connectivity index (χ1v) is 7.65. The van der Waals surface area contributed by atoms with Crippen LogP contribution in [0.25, 0.3) is 0 Å². The van der Waals surface area contributed by atoms with Crippen LogP contribution in [0.5, 0.6) is 0 Å². The average Bonchev–Trinajstić information content (AvgIpc) is 2.52. The summed E-state index contributed by atoms with van der Waals surface area (Å²) in [7, 11) is 3.53. The van der Waals surface area contributed by atoms with Crippen molar-refractivity contribution in [2.75, 3.05) is 19.4 Å². The van der Waals surface area contributed by atoms with Gasteiger partial charge in [0.1, 0.15) is 6.04 Å². The van der Waals surface area contributed by atoms with E-state index in [0.717, 1.165) is 11.3 Å². The van der Waals surface area contributed by atoms with Crippen molar-refractivity contribution in [2.24, 2.45) is 0 Å². The molecule has 0 saturated heterocycles. The third kappa shape index (κ3) is 3.80. The first kappa shape index (κ1) is 16.4. The Bertz CT molecular complexity index is 628. The van der Waals surface area contributed by atoms with Gasteiger partial charge in [0.2, 0.25) is 5.91 Å². The van der Waals surface area contributed by atoms with E-state index in [9.17, 15) is 4.79 Å². The minimum absolute atomic E-state index is 0.0243. The quantitative estimate of drug-likeness (QED) is 0.904. The molecule has 4 heteroatoms. The maximum atomic E-state index is 12.6. The molecule has 0 unspecified atom stereocenters. The van der Waals surface area contributed by atoms with Gasteiger partial charge in [-0.15, -0.1) is 0 Å². The number of anilines is 1. The normalized spacial score (nSPS) is 13.3. The number of carbonyl (C=O) groups excluding carboxylic acids is 1. The highest BCUT2D eigenvalue weighted by molar-refractivity contribution is 6.31. The second kappa shape index (κ2) is 7.32. The second-order valence-electron chi connectivity index (χ2n) is 5.53. The van der Waals surface area contributed by atoms with Crippen molar-refractivity contribution in [3.05, 3.63) is 65.2 Å². The van der Waals surface area contributed by atoms with Crippen LogP contribution in [-0.4, -0.2) is 30.9 Å². The smallest absolute Gasteiger partial charge is 0.245 e. The Hall–Kier alpha value is -2.00. The largest absolute Gasteiger partial charge is 0.373 e. The van der Waals surface area contributed by atoms with Crippen LogP contribution in [0.4, 0.5) is 5.69 Å². The van der Waals surface area contributed by atoms with Crippen molar-refractivity contribution < 1.29 is 4.79 Å². The summed E-state index contributed by atoms with van der Waals surface area (Å²) in [5.74, 6) is -0.0277. The van der Waals surface area contributed by atoms with Crippen LogP contribution in [0.2, 0.25) is 5.02 Å². The number of nitrogens with one attached hydrogen (secondary N) is 1. The lowest BCUT2D eigenvalue weighted by atomic mass is 9.92. The predicted molar refractivity (Wildman–Crippen MR) is 92.4 cm³/mol. The number of hydrogen-bond donors (Lipinski definition) is 1. The minimum atomic E-state index is -0.378. The highest BCUT2D eigenvalue weighted by Crippen LogP contribution is 2.29. The number of hydrogen-bond acceptors (Lipinski definition) is 2. The molecule has 0 aliphatic heterocycles. The van der Waals surface area contributed by atoms with E-state index in [2.05, 4.69) is 5.32 Å². The van der Waals surface area contributed by atoms with Crippen LogP contribution >= 0.6 is 11.6 Å². The Morgan fingerprint density at radius 2 is 1.64 bits per heavy atom. The van der Waals surface area contributed by atoms with Gasteiger partial charge in [-0.25, -0.2) is 0 Å². The molecule has 3 nitrogen and oxygen atoms in total. The summed E-state index contributed by atoms with van der Waals surface area (Å²) in [6.07, 6.45) is 0. The number of benzene rings is 2. The van der Waals surface area contributed by atoms with Gasteiger partial charge in [0.15, 0.2) is 0 Å². The SMILES string of the molecule is C[C@@H](c1ccccc1Cl)[C@H](Nc1ccccc1)C(=O)N(C)C. The lowest BCUT2D eigenvalue weighted by molar-refractivity contribution is -0.129. The van der Waals surface area contributed by atoms with Gasteiger partial charge >= 0.3 is 0 Å². The monoisotopic (exact) mass is 316 g/mol. The first-order valence-electron chi connectivity index (χ1n) is 7.28. The summed E-state index contributed by atoms with van der Waals surface area (Å²) >= 11 is 6.30. The molecule has 1 N–H and O–H groups in total. The maximum absolute atomic E-state index is 12.6. The third-order valence-electron chi connectivity index (χ3n) is 3.70. The van der Waals surface area contributed by atoms with E-state index in [4.69, 9.17) is 11.6 Å². The van der Waals surface area contributed by atoms with Crippen molar-refractivity contribution >= 4 is 23.2 Å².